The van der Waals surface area contributed by atoms with Gasteiger partial charge in [-0.15, -0.1) is 0 Å². The van der Waals surface area contributed by atoms with Gasteiger partial charge in [-0.05, 0) is 53.4 Å². The fraction of sp³-hybridized carbons (Fsp3) is 0.385. The van der Waals surface area contributed by atoms with E-state index in [0.29, 0.717) is 22.9 Å². The van der Waals surface area contributed by atoms with Crippen LogP contribution in [0.5, 0.6) is 0 Å². The van der Waals surface area contributed by atoms with Crippen LogP contribution in [0, 0.1) is 12.7 Å². The summed E-state index contributed by atoms with van der Waals surface area (Å²) >= 11 is 3.38. The second-order valence-electron chi connectivity index (χ2n) is 5.02. The van der Waals surface area contributed by atoms with Crippen molar-refractivity contribution in [1.82, 2.24) is 9.29 Å². The summed E-state index contributed by atoms with van der Waals surface area (Å²) in [5.74, 6) is -0.441. The minimum absolute atomic E-state index is 0.0552. The molecule has 0 unspecified atom stereocenters. The van der Waals surface area contributed by atoms with Crippen LogP contribution < -0.4 is 0 Å². The third kappa shape index (κ3) is 2.08. The zero-order valence-corrected chi connectivity index (χ0v) is 13.3. The van der Waals surface area contributed by atoms with Gasteiger partial charge in [0.05, 0.1) is 5.52 Å². The molecule has 0 amide bonds. The lowest BCUT2D eigenvalue weighted by atomic mass is 10.2. The van der Waals surface area contributed by atoms with Gasteiger partial charge in [0, 0.05) is 22.9 Å². The molecule has 1 saturated heterocycles. The maximum atomic E-state index is 13.9. The minimum Gasteiger partial charge on any atom is -0.342 e. The maximum absolute atomic E-state index is 13.9. The van der Waals surface area contributed by atoms with E-state index < -0.39 is 15.8 Å². The monoisotopic (exact) mass is 360 g/mol. The molecule has 1 aliphatic rings. The van der Waals surface area contributed by atoms with Gasteiger partial charge in [-0.25, -0.2) is 12.8 Å². The highest BCUT2D eigenvalue weighted by Gasteiger charge is 2.29. The van der Waals surface area contributed by atoms with E-state index in [4.69, 9.17) is 0 Å². The van der Waals surface area contributed by atoms with E-state index in [9.17, 15) is 12.8 Å². The Morgan fingerprint density at radius 3 is 2.60 bits per heavy atom. The summed E-state index contributed by atoms with van der Waals surface area (Å²) in [6.45, 7) is 2.83. The van der Waals surface area contributed by atoms with E-state index in [2.05, 4.69) is 20.9 Å². The third-order valence-electron chi connectivity index (χ3n) is 3.64. The fourth-order valence-corrected chi connectivity index (χ4v) is 4.48. The SMILES string of the molecule is Cc1cc(F)c2[nH]c(S(=O)(=O)N3CCCC3)cc2c1Br. The number of fused-ring (bicyclic) bond motifs is 1. The molecule has 0 spiro atoms. The number of sulfonamides is 1. The predicted octanol–water partition coefficient (Wildman–Crippen LogP) is 3.16. The lowest BCUT2D eigenvalue weighted by Crippen LogP contribution is -2.28. The van der Waals surface area contributed by atoms with Gasteiger partial charge in [0.1, 0.15) is 10.8 Å². The van der Waals surface area contributed by atoms with Gasteiger partial charge >= 0.3 is 0 Å². The first-order valence-electron chi connectivity index (χ1n) is 6.39. The maximum Gasteiger partial charge on any atom is 0.258 e. The van der Waals surface area contributed by atoms with Gasteiger partial charge in [0.15, 0.2) is 0 Å². The largest absolute Gasteiger partial charge is 0.342 e. The molecule has 0 radical (unpaired) electrons. The minimum atomic E-state index is -3.56. The molecule has 2 heterocycles. The van der Waals surface area contributed by atoms with Crippen molar-refractivity contribution in [1.29, 1.82) is 0 Å². The summed E-state index contributed by atoms with van der Waals surface area (Å²) in [5.41, 5.74) is 0.958. The van der Waals surface area contributed by atoms with Gasteiger partial charge in [-0.2, -0.15) is 4.31 Å². The summed E-state index contributed by atoms with van der Waals surface area (Å²) < 4.78 is 41.0. The zero-order chi connectivity index (χ0) is 14.5. The fourth-order valence-electron chi connectivity index (χ4n) is 2.54. The average molecular weight is 361 g/mol. The number of rotatable bonds is 2. The zero-order valence-electron chi connectivity index (χ0n) is 10.9. The van der Waals surface area contributed by atoms with Crippen molar-refractivity contribution in [3.05, 3.63) is 28.0 Å². The van der Waals surface area contributed by atoms with Gasteiger partial charge in [-0.3, -0.25) is 0 Å². The molecule has 20 heavy (non-hydrogen) atoms. The van der Waals surface area contributed by atoms with Crippen LogP contribution in [0.2, 0.25) is 0 Å². The van der Waals surface area contributed by atoms with Crippen LogP contribution in [0.4, 0.5) is 4.39 Å². The van der Waals surface area contributed by atoms with Crippen LogP contribution in [0.15, 0.2) is 21.6 Å². The van der Waals surface area contributed by atoms with Gasteiger partial charge < -0.3 is 4.98 Å². The molecular weight excluding hydrogens is 347 g/mol. The number of H-pyrrole nitrogens is 1. The molecule has 1 aliphatic heterocycles. The topological polar surface area (TPSA) is 53.2 Å². The Balaban J connectivity index is 2.19. The van der Waals surface area contributed by atoms with Crippen molar-refractivity contribution < 1.29 is 12.8 Å². The first-order valence-corrected chi connectivity index (χ1v) is 8.62. The standard InChI is InChI=1S/C13H14BrFN2O2S/c1-8-6-10(15)13-9(12(8)14)7-11(16-13)20(18,19)17-4-2-3-5-17/h6-7,16H,2-5H2,1H3. The molecule has 3 rings (SSSR count). The number of aromatic amines is 1. The molecule has 1 aromatic carbocycles. The molecule has 1 fully saturated rings. The molecule has 2 aromatic rings. The molecule has 7 heteroatoms. The molecular formula is C13H14BrFN2O2S. The second kappa shape index (κ2) is 4.82. The summed E-state index contributed by atoms with van der Waals surface area (Å²) in [5, 5.41) is 0.611. The van der Waals surface area contributed by atoms with E-state index in [1.807, 2.05) is 0 Å². The van der Waals surface area contributed by atoms with Crippen molar-refractivity contribution in [3.63, 3.8) is 0 Å². The van der Waals surface area contributed by atoms with Crippen molar-refractivity contribution in [3.8, 4) is 0 Å². The van der Waals surface area contributed by atoms with Crippen LogP contribution in [-0.4, -0.2) is 30.8 Å². The van der Waals surface area contributed by atoms with Crippen molar-refractivity contribution in [2.75, 3.05) is 13.1 Å². The summed E-state index contributed by atoms with van der Waals surface area (Å²) in [6, 6.07) is 2.89. The van der Waals surface area contributed by atoms with Crippen LogP contribution in [-0.2, 0) is 10.0 Å². The molecule has 1 aromatic heterocycles. The smallest absolute Gasteiger partial charge is 0.258 e. The highest BCUT2D eigenvalue weighted by molar-refractivity contribution is 9.10. The molecule has 0 saturated carbocycles. The van der Waals surface area contributed by atoms with Crippen LogP contribution in [0.3, 0.4) is 0 Å². The van der Waals surface area contributed by atoms with Crippen molar-refractivity contribution in [2.45, 2.75) is 24.8 Å². The first-order chi connectivity index (χ1) is 9.41. The number of halogens is 2. The Morgan fingerprint density at radius 1 is 1.30 bits per heavy atom. The molecule has 0 atom stereocenters. The predicted molar refractivity (Wildman–Crippen MR) is 78.7 cm³/mol. The van der Waals surface area contributed by atoms with E-state index in [1.165, 1.54) is 16.4 Å². The van der Waals surface area contributed by atoms with E-state index in [0.717, 1.165) is 18.4 Å². The molecule has 108 valence electrons. The van der Waals surface area contributed by atoms with Crippen molar-refractivity contribution >= 4 is 36.9 Å². The Morgan fingerprint density at radius 2 is 1.95 bits per heavy atom. The summed E-state index contributed by atoms with van der Waals surface area (Å²) in [6.07, 6.45) is 1.74. The van der Waals surface area contributed by atoms with Gasteiger partial charge in [0.2, 0.25) is 0 Å². The van der Waals surface area contributed by atoms with Crippen LogP contribution >= 0.6 is 15.9 Å². The number of benzene rings is 1. The lowest BCUT2D eigenvalue weighted by Gasteiger charge is -2.13. The number of hydrogen-bond donors (Lipinski definition) is 1. The lowest BCUT2D eigenvalue weighted by molar-refractivity contribution is 0.475. The van der Waals surface area contributed by atoms with Crippen LogP contribution in [0.1, 0.15) is 18.4 Å². The number of nitrogens with one attached hydrogen (secondary N) is 1. The second-order valence-corrected chi connectivity index (χ2v) is 7.72. The summed E-state index contributed by atoms with van der Waals surface area (Å²) in [7, 11) is -3.56. The van der Waals surface area contributed by atoms with Crippen molar-refractivity contribution in [2.24, 2.45) is 0 Å². The number of aryl methyl sites for hydroxylation is 1. The number of hydrogen-bond acceptors (Lipinski definition) is 2. The summed E-state index contributed by atoms with van der Waals surface area (Å²) in [4.78, 5) is 2.71. The Bertz CT molecular complexity index is 779. The molecule has 0 bridgehead atoms. The molecule has 0 aliphatic carbocycles. The van der Waals surface area contributed by atoms with Crippen LogP contribution in [0.25, 0.3) is 10.9 Å². The highest BCUT2D eigenvalue weighted by atomic mass is 79.9. The molecule has 4 nitrogen and oxygen atoms in total. The third-order valence-corrected chi connectivity index (χ3v) is 6.51. The number of nitrogens with zero attached hydrogens (tertiary/aromatic N) is 1. The molecule has 1 N–H and O–H groups in total. The average Bonchev–Trinajstić information content (AvgIpc) is 3.05. The Hall–Kier alpha value is -0.920. The van der Waals surface area contributed by atoms with E-state index >= 15 is 0 Å². The Labute approximate surface area is 125 Å². The highest BCUT2D eigenvalue weighted by Crippen LogP contribution is 2.32. The number of aromatic nitrogens is 1. The van der Waals surface area contributed by atoms with Gasteiger partial charge in [-0.1, -0.05) is 0 Å². The Kier molecular flexibility index (Phi) is 3.38. The van der Waals surface area contributed by atoms with E-state index in [1.54, 1.807) is 6.92 Å². The first kappa shape index (κ1) is 14.0. The normalized spacial score (nSPS) is 17.1. The van der Waals surface area contributed by atoms with Gasteiger partial charge in [0.25, 0.3) is 10.0 Å². The quantitative estimate of drug-likeness (QED) is 0.894. The van der Waals surface area contributed by atoms with E-state index in [-0.39, 0.29) is 10.5 Å².